The van der Waals surface area contributed by atoms with E-state index in [2.05, 4.69) is 33.3 Å². The molecule has 0 aromatic carbocycles. The van der Waals surface area contributed by atoms with E-state index in [1.165, 1.54) is 12.5 Å². The van der Waals surface area contributed by atoms with Crippen molar-refractivity contribution >= 4 is 17.5 Å². The number of nitrogens with zero attached hydrogens (tertiary/aromatic N) is 4. The molecule has 2 aromatic heterocycles. The molecule has 1 unspecified atom stereocenters. The van der Waals surface area contributed by atoms with Crippen molar-refractivity contribution in [2.24, 2.45) is 0 Å². The van der Waals surface area contributed by atoms with E-state index in [9.17, 15) is 4.79 Å². The predicted octanol–water partition coefficient (Wildman–Crippen LogP) is 2.00. The van der Waals surface area contributed by atoms with Crippen molar-refractivity contribution < 1.29 is 4.79 Å². The summed E-state index contributed by atoms with van der Waals surface area (Å²) >= 11 is 0. The molecule has 1 aliphatic rings. The van der Waals surface area contributed by atoms with Gasteiger partial charge in [-0.2, -0.15) is 5.10 Å². The maximum Gasteiger partial charge on any atom is 0.222 e. The lowest BCUT2D eigenvalue weighted by molar-refractivity contribution is -0.114. The third-order valence-electron chi connectivity index (χ3n) is 3.67. The molecule has 1 amide bonds. The highest BCUT2D eigenvalue weighted by atomic mass is 16.1. The molecule has 1 aliphatic heterocycles. The number of carbonyl (C=O) groups excluding carboxylic acids is 1. The van der Waals surface area contributed by atoms with Crippen LogP contribution in [0.4, 0.5) is 11.6 Å². The molecular formula is C15H19N5O. The van der Waals surface area contributed by atoms with Crippen LogP contribution in [0.1, 0.15) is 24.9 Å². The molecule has 110 valence electrons. The summed E-state index contributed by atoms with van der Waals surface area (Å²) in [6.45, 7) is 5.42. The van der Waals surface area contributed by atoms with Gasteiger partial charge in [0.15, 0.2) is 5.82 Å². The minimum absolute atomic E-state index is 0.0998. The van der Waals surface area contributed by atoms with Crippen molar-refractivity contribution in [2.45, 2.75) is 26.3 Å². The van der Waals surface area contributed by atoms with E-state index in [-0.39, 0.29) is 5.91 Å². The highest BCUT2D eigenvalue weighted by Crippen LogP contribution is 2.26. The highest BCUT2D eigenvalue weighted by Gasteiger charge is 2.25. The number of amides is 1. The van der Waals surface area contributed by atoms with Gasteiger partial charge in [-0.25, -0.2) is 4.98 Å². The van der Waals surface area contributed by atoms with Crippen LogP contribution in [-0.2, 0) is 4.79 Å². The van der Waals surface area contributed by atoms with Crippen LogP contribution >= 0.6 is 0 Å². The SMILES string of the molecule is CC(=O)Nc1ccn(C2CCN(c3cc(C)ccn3)C2)n1. The van der Waals surface area contributed by atoms with E-state index >= 15 is 0 Å². The highest BCUT2D eigenvalue weighted by molar-refractivity contribution is 5.87. The zero-order valence-corrected chi connectivity index (χ0v) is 12.3. The first-order chi connectivity index (χ1) is 10.1. The van der Waals surface area contributed by atoms with Gasteiger partial charge < -0.3 is 10.2 Å². The Hall–Kier alpha value is -2.37. The third kappa shape index (κ3) is 3.04. The van der Waals surface area contributed by atoms with Gasteiger partial charge in [0.05, 0.1) is 6.04 Å². The molecule has 1 atom stereocenters. The Labute approximate surface area is 123 Å². The van der Waals surface area contributed by atoms with E-state index < -0.39 is 0 Å². The fourth-order valence-corrected chi connectivity index (χ4v) is 2.65. The van der Waals surface area contributed by atoms with Gasteiger partial charge in [0.2, 0.25) is 5.91 Å². The minimum Gasteiger partial charge on any atom is -0.354 e. The van der Waals surface area contributed by atoms with Crippen molar-refractivity contribution in [1.82, 2.24) is 14.8 Å². The van der Waals surface area contributed by atoms with Crippen molar-refractivity contribution in [3.63, 3.8) is 0 Å². The van der Waals surface area contributed by atoms with Crippen LogP contribution in [0.3, 0.4) is 0 Å². The second-order valence-corrected chi connectivity index (χ2v) is 5.44. The average Bonchev–Trinajstić information content (AvgIpc) is 3.06. The molecule has 0 radical (unpaired) electrons. The lowest BCUT2D eigenvalue weighted by Gasteiger charge is -2.17. The number of aryl methyl sites for hydroxylation is 1. The van der Waals surface area contributed by atoms with Gasteiger partial charge in [-0.15, -0.1) is 0 Å². The van der Waals surface area contributed by atoms with E-state index in [4.69, 9.17) is 0 Å². The van der Waals surface area contributed by atoms with Crippen LogP contribution in [0, 0.1) is 6.92 Å². The number of hydrogen-bond acceptors (Lipinski definition) is 4. The normalized spacial score (nSPS) is 18.0. The van der Waals surface area contributed by atoms with E-state index in [0.717, 1.165) is 25.3 Å². The lowest BCUT2D eigenvalue weighted by Crippen LogP contribution is -2.22. The standard InChI is InChI=1S/C15H19N5O/c1-11-3-6-16-15(9-11)19-7-4-13(10-19)20-8-5-14(18-20)17-12(2)21/h3,5-6,8-9,13H,4,7,10H2,1-2H3,(H,17,18,21). The van der Waals surface area contributed by atoms with Crippen molar-refractivity contribution in [2.75, 3.05) is 23.3 Å². The Morgan fingerprint density at radius 3 is 3.05 bits per heavy atom. The molecule has 0 spiro atoms. The summed E-state index contributed by atoms with van der Waals surface area (Å²) in [6, 6.07) is 6.25. The summed E-state index contributed by atoms with van der Waals surface area (Å²) in [5.41, 5.74) is 1.22. The van der Waals surface area contributed by atoms with Crippen molar-refractivity contribution in [3.8, 4) is 0 Å². The molecule has 6 heteroatoms. The predicted molar refractivity (Wildman–Crippen MR) is 81.4 cm³/mol. The van der Waals surface area contributed by atoms with Crippen molar-refractivity contribution in [1.29, 1.82) is 0 Å². The summed E-state index contributed by atoms with van der Waals surface area (Å²) in [6.07, 6.45) is 4.79. The largest absolute Gasteiger partial charge is 0.354 e. The summed E-state index contributed by atoms with van der Waals surface area (Å²) < 4.78 is 1.93. The number of carbonyl (C=O) groups is 1. The molecule has 1 N–H and O–H groups in total. The first-order valence-corrected chi connectivity index (χ1v) is 7.12. The number of aromatic nitrogens is 3. The molecule has 0 saturated carbocycles. The molecule has 0 bridgehead atoms. The van der Waals surface area contributed by atoms with Gasteiger partial charge >= 0.3 is 0 Å². The second-order valence-electron chi connectivity index (χ2n) is 5.44. The monoisotopic (exact) mass is 285 g/mol. The van der Waals surface area contributed by atoms with Gasteiger partial charge in [-0.1, -0.05) is 0 Å². The molecule has 0 aliphatic carbocycles. The Balaban J connectivity index is 1.69. The zero-order chi connectivity index (χ0) is 14.8. The molecule has 1 saturated heterocycles. The van der Waals surface area contributed by atoms with Gasteiger partial charge in [0.25, 0.3) is 0 Å². The van der Waals surface area contributed by atoms with Crippen LogP contribution in [0.2, 0.25) is 0 Å². The Morgan fingerprint density at radius 1 is 1.43 bits per heavy atom. The van der Waals surface area contributed by atoms with Crippen LogP contribution in [0.15, 0.2) is 30.6 Å². The Kier molecular flexibility index (Phi) is 3.60. The van der Waals surface area contributed by atoms with Gasteiger partial charge in [0.1, 0.15) is 5.82 Å². The van der Waals surface area contributed by atoms with E-state index in [1.807, 2.05) is 29.2 Å². The number of rotatable bonds is 3. The minimum atomic E-state index is -0.0998. The maximum absolute atomic E-state index is 11.0. The van der Waals surface area contributed by atoms with Gasteiger partial charge in [-0.3, -0.25) is 9.48 Å². The maximum atomic E-state index is 11.0. The summed E-state index contributed by atoms with van der Waals surface area (Å²) in [5, 5.41) is 7.12. The molecule has 3 rings (SSSR count). The average molecular weight is 285 g/mol. The summed E-state index contributed by atoms with van der Waals surface area (Å²) in [5.74, 6) is 1.53. The first kappa shape index (κ1) is 13.6. The van der Waals surface area contributed by atoms with Gasteiger partial charge in [0, 0.05) is 38.5 Å². The lowest BCUT2D eigenvalue weighted by atomic mass is 10.3. The number of pyridine rings is 1. The third-order valence-corrected chi connectivity index (χ3v) is 3.67. The zero-order valence-electron chi connectivity index (χ0n) is 12.3. The fraction of sp³-hybridized carbons (Fsp3) is 0.400. The Bertz CT molecular complexity index is 651. The molecule has 1 fully saturated rings. The molecule has 3 heterocycles. The number of anilines is 2. The van der Waals surface area contributed by atoms with Crippen molar-refractivity contribution in [3.05, 3.63) is 36.2 Å². The van der Waals surface area contributed by atoms with E-state index in [1.54, 1.807) is 0 Å². The molecule has 6 nitrogen and oxygen atoms in total. The summed E-state index contributed by atoms with van der Waals surface area (Å²) in [4.78, 5) is 17.7. The van der Waals surface area contributed by atoms with E-state index in [0.29, 0.717) is 11.9 Å². The molecular weight excluding hydrogens is 266 g/mol. The van der Waals surface area contributed by atoms with Crippen LogP contribution in [0.25, 0.3) is 0 Å². The Morgan fingerprint density at radius 2 is 2.29 bits per heavy atom. The molecule has 2 aromatic rings. The second kappa shape index (κ2) is 5.55. The topological polar surface area (TPSA) is 63.1 Å². The molecule has 21 heavy (non-hydrogen) atoms. The fourth-order valence-electron chi connectivity index (χ4n) is 2.65. The first-order valence-electron chi connectivity index (χ1n) is 7.12. The smallest absolute Gasteiger partial charge is 0.222 e. The summed E-state index contributed by atoms with van der Waals surface area (Å²) in [7, 11) is 0. The quantitative estimate of drug-likeness (QED) is 0.937. The van der Waals surface area contributed by atoms with Crippen LogP contribution in [0.5, 0.6) is 0 Å². The van der Waals surface area contributed by atoms with Crippen LogP contribution in [-0.4, -0.2) is 33.8 Å². The van der Waals surface area contributed by atoms with Gasteiger partial charge in [-0.05, 0) is 31.0 Å². The number of nitrogens with one attached hydrogen (secondary N) is 1. The number of hydrogen-bond donors (Lipinski definition) is 1. The van der Waals surface area contributed by atoms with Crippen LogP contribution < -0.4 is 10.2 Å².